The molecule has 2 aromatic rings. The molecule has 2 rings (SSSR count). The van der Waals surface area contributed by atoms with Crippen molar-refractivity contribution in [1.29, 1.82) is 0 Å². The Morgan fingerprint density at radius 3 is 2.74 bits per heavy atom. The first-order valence-electron chi connectivity index (χ1n) is 6.60. The van der Waals surface area contributed by atoms with Crippen LogP contribution in [0.25, 0.3) is 11.1 Å². The topological polar surface area (TPSA) is 45.2 Å². The van der Waals surface area contributed by atoms with Crippen LogP contribution in [0.2, 0.25) is 0 Å². The van der Waals surface area contributed by atoms with Crippen LogP contribution in [-0.2, 0) is 6.54 Å². The molecule has 0 amide bonds. The third-order valence-electron chi connectivity index (χ3n) is 2.94. The lowest BCUT2D eigenvalue weighted by Crippen LogP contribution is -2.19. The summed E-state index contributed by atoms with van der Waals surface area (Å²) in [4.78, 5) is 4.12. The average molecular weight is 256 g/mol. The number of phenolic OH excluding ortho intramolecular Hbond substituents is 1. The Hall–Kier alpha value is -1.87. The van der Waals surface area contributed by atoms with Crippen molar-refractivity contribution in [2.75, 3.05) is 6.54 Å². The fraction of sp³-hybridized carbons (Fsp3) is 0.312. The summed E-state index contributed by atoms with van der Waals surface area (Å²) in [6.45, 7) is 5.95. The van der Waals surface area contributed by atoms with Gasteiger partial charge in [-0.1, -0.05) is 26.0 Å². The van der Waals surface area contributed by atoms with Crippen molar-refractivity contribution in [3.05, 3.63) is 48.3 Å². The summed E-state index contributed by atoms with van der Waals surface area (Å²) in [7, 11) is 0. The van der Waals surface area contributed by atoms with Crippen LogP contribution in [0.1, 0.15) is 19.4 Å². The lowest BCUT2D eigenvalue weighted by molar-refractivity contribution is 0.461. The van der Waals surface area contributed by atoms with Crippen LogP contribution in [0, 0.1) is 5.92 Å². The minimum atomic E-state index is 0.337. The molecule has 1 aromatic carbocycles. The fourth-order valence-corrected chi connectivity index (χ4v) is 1.94. The summed E-state index contributed by atoms with van der Waals surface area (Å²) in [5.74, 6) is 0.938. The number of hydrogen-bond donors (Lipinski definition) is 2. The monoisotopic (exact) mass is 256 g/mol. The van der Waals surface area contributed by atoms with Gasteiger partial charge in [0.2, 0.25) is 0 Å². The van der Waals surface area contributed by atoms with Crippen molar-refractivity contribution in [1.82, 2.24) is 10.3 Å². The van der Waals surface area contributed by atoms with Gasteiger partial charge in [0.05, 0.1) is 0 Å². The molecular weight excluding hydrogens is 236 g/mol. The lowest BCUT2D eigenvalue weighted by Gasteiger charge is -2.10. The van der Waals surface area contributed by atoms with Gasteiger partial charge < -0.3 is 10.4 Å². The first kappa shape index (κ1) is 13.6. The van der Waals surface area contributed by atoms with Gasteiger partial charge in [-0.25, -0.2) is 0 Å². The average Bonchev–Trinajstić information content (AvgIpc) is 2.41. The molecule has 0 saturated heterocycles. The third-order valence-corrected chi connectivity index (χ3v) is 2.94. The zero-order chi connectivity index (χ0) is 13.7. The molecule has 3 nitrogen and oxygen atoms in total. The molecule has 1 heterocycles. The highest BCUT2D eigenvalue weighted by Gasteiger charge is 2.05. The number of aromatic hydroxyl groups is 1. The zero-order valence-electron chi connectivity index (χ0n) is 11.4. The molecule has 1 aromatic heterocycles. The second-order valence-electron chi connectivity index (χ2n) is 5.11. The second-order valence-corrected chi connectivity index (χ2v) is 5.11. The largest absolute Gasteiger partial charge is 0.508 e. The number of nitrogens with zero attached hydrogens (tertiary/aromatic N) is 1. The van der Waals surface area contributed by atoms with Crippen molar-refractivity contribution < 1.29 is 5.11 Å². The zero-order valence-corrected chi connectivity index (χ0v) is 11.4. The van der Waals surface area contributed by atoms with Crippen molar-refractivity contribution in [3.8, 4) is 16.9 Å². The lowest BCUT2D eigenvalue weighted by atomic mass is 10.0. The summed E-state index contributed by atoms with van der Waals surface area (Å²) in [6, 6.07) is 9.61. The summed E-state index contributed by atoms with van der Waals surface area (Å²) >= 11 is 0. The van der Waals surface area contributed by atoms with Crippen LogP contribution in [-0.4, -0.2) is 16.6 Å². The van der Waals surface area contributed by atoms with Crippen LogP contribution in [0.5, 0.6) is 5.75 Å². The highest BCUT2D eigenvalue weighted by molar-refractivity contribution is 5.64. The number of phenols is 1. The van der Waals surface area contributed by atoms with Crippen molar-refractivity contribution in [2.45, 2.75) is 20.4 Å². The van der Waals surface area contributed by atoms with Gasteiger partial charge in [0.15, 0.2) is 0 Å². The Labute approximate surface area is 114 Å². The molecule has 0 atom stereocenters. The molecule has 0 aliphatic carbocycles. The van der Waals surface area contributed by atoms with E-state index in [1.54, 1.807) is 12.3 Å². The van der Waals surface area contributed by atoms with Crippen LogP contribution >= 0.6 is 0 Å². The van der Waals surface area contributed by atoms with E-state index in [0.717, 1.165) is 23.2 Å². The Kier molecular flexibility index (Phi) is 4.53. The molecule has 100 valence electrons. The standard InChI is InChI=1S/C16H20N2O/c1-12(2)9-18-11-15-8-13(5-6-16(15)19)14-4-3-7-17-10-14/h3-8,10,12,18-19H,9,11H2,1-2H3. The summed E-state index contributed by atoms with van der Waals surface area (Å²) < 4.78 is 0. The van der Waals surface area contributed by atoms with E-state index in [0.29, 0.717) is 18.2 Å². The van der Waals surface area contributed by atoms with E-state index in [2.05, 4.69) is 24.1 Å². The first-order valence-corrected chi connectivity index (χ1v) is 6.60. The molecule has 0 saturated carbocycles. The highest BCUT2D eigenvalue weighted by Crippen LogP contribution is 2.25. The van der Waals surface area contributed by atoms with E-state index in [1.165, 1.54) is 0 Å². The van der Waals surface area contributed by atoms with Crippen LogP contribution in [0.4, 0.5) is 0 Å². The third kappa shape index (κ3) is 3.80. The number of aromatic nitrogens is 1. The van der Waals surface area contributed by atoms with E-state index < -0.39 is 0 Å². The molecule has 0 unspecified atom stereocenters. The molecule has 0 radical (unpaired) electrons. The van der Waals surface area contributed by atoms with Crippen molar-refractivity contribution in [3.63, 3.8) is 0 Å². The number of hydrogen-bond acceptors (Lipinski definition) is 3. The molecule has 19 heavy (non-hydrogen) atoms. The number of pyridine rings is 1. The number of benzene rings is 1. The van der Waals surface area contributed by atoms with Gasteiger partial charge >= 0.3 is 0 Å². The molecule has 0 aliphatic heterocycles. The summed E-state index contributed by atoms with van der Waals surface area (Å²) in [6.07, 6.45) is 3.59. The SMILES string of the molecule is CC(C)CNCc1cc(-c2cccnc2)ccc1O. The van der Waals surface area contributed by atoms with E-state index in [-0.39, 0.29) is 0 Å². The minimum absolute atomic E-state index is 0.337. The predicted octanol–water partition coefficient (Wildman–Crippen LogP) is 3.20. The quantitative estimate of drug-likeness (QED) is 0.863. The highest BCUT2D eigenvalue weighted by atomic mass is 16.3. The smallest absolute Gasteiger partial charge is 0.120 e. The van der Waals surface area contributed by atoms with Gasteiger partial charge in [0.1, 0.15) is 5.75 Å². The van der Waals surface area contributed by atoms with E-state index in [1.807, 2.05) is 30.5 Å². The van der Waals surface area contributed by atoms with Crippen molar-refractivity contribution >= 4 is 0 Å². The normalized spacial score (nSPS) is 10.9. The molecule has 0 fully saturated rings. The molecular formula is C16H20N2O. The first-order chi connectivity index (χ1) is 9.16. The maximum Gasteiger partial charge on any atom is 0.120 e. The summed E-state index contributed by atoms with van der Waals surface area (Å²) in [5, 5.41) is 13.2. The Balaban J connectivity index is 2.15. The second kappa shape index (κ2) is 6.34. The van der Waals surface area contributed by atoms with Gasteiger partial charge in [-0.05, 0) is 36.2 Å². The Bertz CT molecular complexity index is 524. The Morgan fingerprint density at radius 2 is 2.05 bits per heavy atom. The van der Waals surface area contributed by atoms with Gasteiger partial charge in [-0.15, -0.1) is 0 Å². The Morgan fingerprint density at radius 1 is 1.21 bits per heavy atom. The van der Waals surface area contributed by atoms with Crippen LogP contribution in [0.15, 0.2) is 42.7 Å². The number of rotatable bonds is 5. The molecule has 0 aliphatic rings. The molecule has 0 spiro atoms. The molecule has 3 heteroatoms. The predicted molar refractivity (Wildman–Crippen MR) is 77.9 cm³/mol. The van der Waals surface area contributed by atoms with Crippen LogP contribution in [0.3, 0.4) is 0 Å². The van der Waals surface area contributed by atoms with Gasteiger partial charge in [-0.3, -0.25) is 4.98 Å². The van der Waals surface area contributed by atoms with Gasteiger partial charge in [-0.2, -0.15) is 0 Å². The summed E-state index contributed by atoms with van der Waals surface area (Å²) in [5.41, 5.74) is 3.06. The maximum atomic E-state index is 9.89. The van der Waals surface area contributed by atoms with Crippen molar-refractivity contribution in [2.24, 2.45) is 5.92 Å². The molecule has 2 N–H and O–H groups in total. The maximum absolute atomic E-state index is 9.89. The fourth-order valence-electron chi connectivity index (χ4n) is 1.94. The van der Waals surface area contributed by atoms with E-state index in [9.17, 15) is 5.11 Å². The van der Waals surface area contributed by atoms with Crippen LogP contribution < -0.4 is 5.32 Å². The molecule has 0 bridgehead atoms. The van der Waals surface area contributed by atoms with E-state index in [4.69, 9.17) is 0 Å². The van der Waals surface area contributed by atoms with Gasteiger partial charge in [0.25, 0.3) is 0 Å². The van der Waals surface area contributed by atoms with E-state index >= 15 is 0 Å². The minimum Gasteiger partial charge on any atom is -0.508 e. The van der Waals surface area contributed by atoms with Gasteiger partial charge in [0, 0.05) is 30.1 Å². The number of nitrogens with one attached hydrogen (secondary N) is 1.